The molecular weight excluding hydrogens is 255 g/mol. The van der Waals surface area contributed by atoms with E-state index in [1.165, 1.54) is 0 Å². The van der Waals surface area contributed by atoms with Gasteiger partial charge in [-0.25, -0.2) is 0 Å². The van der Waals surface area contributed by atoms with Gasteiger partial charge < -0.3 is 0 Å². The minimum absolute atomic E-state index is 0.283. The van der Waals surface area contributed by atoms with Crippen LogP contribution in [-0.2, 0) is 6.18 Å². The smallest absolute Gasteiger partial charge is 0.258 e. The lowest BCUT2D eigenvalue weighted by Gasteiger charge is -2.08. The summed E-state index contributed by atoms with van der Waals surface area (Å²) in [6.45, 7) is 0. The van der Waals surface area contributed by atoms with E-state index in [-0.39, 0.29) is 4.90 Å². The predicted molar refractivity (Wildman–Crippen MR) is 50.4 cm³/mol. The average molecular weight is 258 g/mol. The fourth-order valence-electron chi connectivity index (χ4n) is 0.887. The molecule has 0 aliphatic heterocycles. The SMILES string of the molecule is O=[N+]([O-])c1cc(C(F)(F)F)cc(Cl)c1S. The first kappa shape index (κ1) is 12.1. The number of rotatable bonds is 1. The van der Waals surface area contributed by atoms with Crippen molar-refractivity contribution in [2.75, 3.05) is 0 Å². The number of nitro benzene ring substituents is 1. The van der Waals surface area contributed by atoms with Gasteiger partial charge >= 0.3 is 6.18 Å². The van der Waals surface area contributed by atoms with E-state index in [0.717, 1.165) is 0 Å². The second-order valence-corrected chi connectivity index (χ2v) is 3.44. The lowest BCUT2D eigenvalue weighted by atomic mass is 10.2. The maximum Gasteiger partial charge on any atom is 0.416 e. The Hall–Kier alpha value is -0.950. The summed E-state index contributed by atoms with van der Waals surface area (Å²) in [5.74, 6) is 0. The van der Waals surface area contributed by atoms with E-state index < -0.39 is 27.4 Å². The molecule has 0 fully saturated rings. The topological polar surface area (TPSA) is 43.1 Å². The van der Waals surface area contributed by atoms with Crippen molar-refractivity contribution in [2.24, 2.45) is 0 Å². The molecule has 0 bridgehead atoms. The van der Waals surface area contributed by atoms with Gasteiger partial charge in [0.2, 0.25) is 0 Å². The van der Waals surface area contributed by atoms with E-state index in [9.17, 15) is 23.3 Å². The Balaban J connectivity index is 3.43. The van der Waals surface area contributed by atoms with Crippen LogP contribution in [0.3, 0.4) is 0 Å². The Morgan fingerprint density at radius 1 is 1.40 bits per heavy atom. The van der Waals surface area contributed by atoms with Crippen molar-refractivity contribution in [3.05, 3.63) is 32.8 Å². The number of nitro groups is 1. The Morgan fingerprint density at radius 3 is 2.33 bits per heavy atom. The summed E-state index contributed by atoms with van der Waals surface area (Å²) in [5, 5.41) is 9.98. The Bertz CT molecular complexity index is 421. The van der Waals surface area contributed by atoms with E-state index >= 15 is 0 Å². The first-order chi connectivity index (χ1) is 6.73. The Kier molecular flexibility index (Phi) is 3.15. The number of nitrogens with zero attached hydrogens (tertiary/aromatic N) is 1. The fourth-order valence-corrected chi connectivity index (χ4v) is 1.31. The molecule has 0 atom stereocenters. The lowest BCUT2D eigenvalue weighted by Crippen LogP contribution is -2.06. The number of alkyl halides is 3. The van der Waals surface area contributed by atoms with Gasteiger partial charge in [0.05, 0.1) is 15.5 Å². The van der Waals surface area contributed by atoms with E-state index in [1.54, 1.807) is 0 Å². The molecule has 1 aromatic rings. The summed E-state index contributed by atoms with van der Waals surface area (Å²) in [7, 11) is 0. The molecule has 8 heteroatoms. The highest BCUT2D eigenvalue weighted by molar-refractivity contribution is 7.80. The fraction of sp³-hybridized carbons (Fsp3) is 0.143. The van der Waals surface area contributed by atoms with Crippen LogP contribution in [0.1, 0.15) is 5.56 Å². The molecule has 0 saturated carbocycles. The van der Waals surface area contributed by atoms with Gasteiger partial charge in [0.1, 0.15) is 4.90 Å². The van der Waals surface area contributed by atoms with Crippen molar-refractivity contribution in [1.29, 1.82) is 0 Å². The summed E-state index contributed by atoms with van der Waals surface area (Å²) in [4.78, 5) is 9.13. The summed E-state index contributed by atoms with van der Waals surface area (Å²) in [6.07, 6.45) is -4.67. The number of thiol groups is 1. The van der Waals surface area contributed by atoms with Gasteiger partial charge in [-0.15, -0.1) is 12.6 Å². The molecule has 0 unspecified atom stereocenters. The van der Waals surface area contributed by atoms with Crippen LogP contribution < -0.4 is 0 Å². The monoisotopic (exact) mass is 257 g/mol. The zero-order valence-electron chi connectivity index (χ0n) is 6.88. The molecule has 15 heavy (non-hydrogen) atoms. The molecule has 0 saturated heterocycles. The Labute approximate surface area is 92.4 Å². The van der Waals surface area contributed by atoms with Crippen LogP contribution in [0.15, 0.2) is 17.0 Å². The predicted octanol–water partition coefficient (Wildman–Crippen LogP) is 3.56. The zero-order valence-corrected chi connectivity index (χ0v) is 8.53. The number of benzene rings is 1. The molecule has 3 nitrogen and oxygen atoms in total. The second-order valence-electron chi connectivity index (χ2n) is 2.58. The van der Waals surface area contributed by atoms with Crippen molar-refractivity contribution in [1.82, 2.24) is 0 Å². The zero-order chi connectivity index (χ0) is 11.8. The first-order valence-corrected chi connectivity index (χ1v) is 4.30. The third kappa shape index (κ3) is 2.54. The summed E-state index contributed by atoms with van der Waals surface area (Å²) < 4.78 is 36.7. The third-order valence-corrected chi connectivity index (χ3v) is 2.47. The molecule has 0 radical (unpaired) electrons. The molecule has 82 valence electrons. The second kappa shape index (κ2) is 3.90. The molecule has 0 heterocycles. The molecular formula is C7H3ClF3NO2S. The lowest BCUT2D eigenvalue weighted by molar-refractivity contribution is -0.387. The largest absolute Gasteiger partial charge is 0.416 e. The number of hydrogen-bond acceptors (Lipinski definition) is 3. The van der Waals surface area contributed by atoms with Gasteiger partial charge in [0.25, 0.3) is 5.69 Å². The van der Waals surface area contributed by atoms with Crippen LogP contribution in [0.5, 0.6) is 0 Å². The maximum atomic E-state index is 12.2. The molecule has 0 aliphatic rings. The summed E-state index contributed by atoms with van der Waals surface area (Å²) in [6, 6.07) is 0.991. The van der Waals surface area contributed by atoms with Crippen molar-refractivity contribution in [3.63, 3.8) is 0 Å². The third-order valence-electron chi connectivity index (χ3n) is 1.57. The van der Waals surface area contributed by atoms with E-state index in [0.29, 0.717) is 12.1 Å². The molecule has 0 amide bonds. The quantitative estimate of drug-likeness (QED) is 0.475. The van der Waals surface area contributed by atoms with Crippen LogP contribution in [0, 0.1) is 10.1 Å². The van der Waals surface area contributed by atoms with Crippen LogP contribution in [0.25, 0.3) is 0 Å². The van der Waals surface area contributed by atoms with Crippen molar-refractivity contribution in [2.45, 2.75) is 11.1 Å². The van der Waals surface area contributed by atoms with Gasteiger partial charge in [-0.2, -0.15) is 13.2 Å². The minimum atomic E-state index is -4.67. The minimum Gasteiger partial charge on any atom is -0.258 e. The number of halogens is 4. The van der Waals surface area contributed by atoms with Gasteiger partial charge in [0.15, 0.2) is 0 Å². The highest BCUT2D eigenvalue weighted by Gasteiger charge is 2.33. The van der Waals surface area contributed by atoms with Crippen molar-refractivity contribution in [3.8, 4) is 0 Å². The molecule has 0 aliphatic carbocycles. The highest BCUT2D eigenvalue weighted by atomic mass is 35.5. The van der Waals surface area contributed by atoms with Crippen LogP contribution in [-0.4, -0.2) is 4.92 Å². The van der Waals surface area contributed by atoms with E-state index in [1.807, 2.05) is 0 Å². The molecule has 1 rings (SSSR count). The standard InChI is InChI=1S/C7H3ClF3NO2S/c8-4-1-3(7(9,10)11)2-5(6(4)15)12(13)14/h1-2,15H. The van der Waals surface area contributed by atoms with Crippen molar-refractivity contribution < 1.29 is 18.1 Å². The molecule has 0 N–H and O–H groups in total. The van der Waals surface area contributed by atoms with E-state index in [2.05, 4.69) is 12.6 Å². The first-order valence-electron chi connectivity index (χ1n) is 3.47. The highest BCUT2D eigenvalue weighted by Crippen LogP contribution is 2.38. The summed E-state index contributed by atoms with van der Waals surface area (Å²) >= 11 is 9.04. The van der Waals surface area contributed by atoms with Gasteiger partial charge in [-0.3, -0.25) is 10.1 Å². The van der Waals surface area contributed by atoms with Crippen LogP contribution >= 0.6 is 24.2 Å². The average Bonchev–Trinajstić information content (AvgIpc) is 2.06. The van der Waals surface area contributed by atoms with Gasteiger partial charge in [-0.1, -0.05) is 11.6 Å². The van der Waals surface area contributed by atoms with Crippen LogP contribution in [0.4, 0.5) is 18.9 Å². The van der Waals surface area contributed by atoms with Crippen molar-refractivity contribution >= 4 is 29.9 Å². The van der Waals surface area contributed by atoms with Gasteiger partial charge in [-0.05, 0) is 6.07 Å². The van der Waals surface area contributed by atoms with Gasteiger partial charge in [0, 0.05) is 6.07 Å². The molecule has 1 aromatic carbocycles. The summed E-state index contributed by atoms with van der Waals surface area (Å²) in [5.41, 5.74) is -1.94. The normalized spacial score (nSPS) is 11.5. The molecule has 0 spiro atoms. The Morgan fingerprint density at radius 2 is 1.93 bits per heavy atom. The van der Waals surface area contributed by atoms with E-state index in [4.69, 9.17) is 11.6 Å². The van der Waals surface area contributed by atoms with Crippen LogP contribution in [0.2, 0.25) is 5.02 Å². The maximum absolute atomic E-state index is 12.2. The number of hydrogen-bond donors (Lipinski definition) is 1. The molecule has 0 aromatic heterocycles.